The maximum Gasteiger partial charge on any atom is 0.257 e. The number of aromatic nitrogens is 1. The van der Waals surface area contributed by atoms with Gasteiger partial charge in [-0.2, -0.15) is 0 Å². The van der Waals surface area contributed by atoms with Gasteiger partial charge < -0.3 is 10.6 Å². The molecule has 2 N–H and O–H groups in total. The van der Waals surface area contributed by atoms with Gasteiger partial charge in [0.05, 0.1) is 11.1 Å². The Morgan fingerprint density at radius 3 is 2.44 bits per heavy atom. The van der Waals surface area contributed by atoms with Crippen LogP contribution in [0, 0.1) is 6.92 Å². The quantitative estimate of drug-likeness (QED) is 0.838. The average molecular weight is 339 g/mol. The van der Waals surface area contributed by atoms with E-state index >= 15 is 0 Å². The minimum absolute atomic E-state index is 0.220. The molecule has 1 aromatic carbocycles. The van der Waals surface area contributed by atoms with Crippen molar-refractivity contribution in [1.29, 1.82) is 0 Å². The van der Waals surface area contributed by atoms with E-state index in [4.69, 9.17) is 0 Å². The second kappa shape index (κ2) is 8.42. The van der Waals surface area contributed by atoms with E-state index in [1.54, 1.807) is 6.07 Å². The number of benzene rings is 1. The fraction of sp³-hybridized carbons (Fsp3) is 0.350. The molecule has 5 heteroatoms. The SMILES string of the molecule is CCCNC(=O)c1cncc(C(=O)Nc2c(C)cccc2C(C)C)c1. The van der Waals surface area contributed by atoms with Crippen LogP contribution < -0.4 is 10.6 Å². The Morgan fingerprint density at radius 1 is 1.12 bits per heavy atom. The van der Waals surface area contributed by atoms with Crippen LogP contribution >= 0.6 is 0 Å². The maximum absolute atomic E-state index is 12.6. The summed E-state index contributed by atoms with van der Waals surface area (Å²) < 4.78 is 0. The van der Waals surface area contributed by atoms with Crippen molar-refractivity contribution in [2.75, 3.05) is 11.9 Å². The van der Waals surface area contributed by atoms with Crippen LogP contribution in [-0.4, -0.2) is 23.3 Å². The molecule has 0 atom stereocenters. The van der Waals surface area contributed by atoms with Crippen molar-refractivity contribution in [2.24, 2.45) is 0 Å². The summed E-state index contributed by atoms with van der Waals surface area (Å²) in [6.45, 7) is 8.72. The number of pyridine rings is 1. The minimum atomic E-state index is -0.270. The number of rotatable bonds is 6. The fourth-order valence-corrected chi connectivity index (χ4v) is 2.56. The monoisotopic (exact) mass is 339 g/mol. The third-order valence-electron chi connectivity index (χ3n) is 3.96. The summed E-state index contributed by atoms with van der Waals surface area (Å²) in [5.41, 5.74) is 3.66. The molecule has 0 fully saturated rings. The highest BCUT2D eigenvalue weighted by molar-refractivity contribution is 6.06. The summed E-state index contributed by atoms with van der Waals surface area (Å²) in [6.07, 6.45) is 3.79. The minimum Gasteiger partial charge on any atom is -0.352 e. The Morgan fingerprint density at radius 2 is 1.80 bits per heavy atom. The Bertz CT molecular complexity index is 769. The van der Waals surface area contributed by atoms with E-state index < -0.39 is 0 Å². The Kier molecular flexibility index (Phi) is 6.28. The first-order chi connectivity index (χ1) is 11.9. The molecular weight excluding hydrogens is 314 g/mol. The Balaban J connectivity index is 2.24. The van der Waals surface area contributed by atoms with Crippen LogP contribution in [0.5, 0.6) is 0 Å². The standard InChI is InChI=1S/C20H25N3O2/c1-5-9-22-19(24)15-10-16(12-21-11-15)20(25)23-18-14(4)7-6-8-17(18)13(2)3/h6-8,10-13H,5,9H2,1-4H3,(H,22,24)(H,23,25). The largest absolute Gasteiger partial charge is 0.352 e. The number of nitrogens with one attached hydrogen (secondary N) is 2. The molecule has 1 aromatic heterocycles. The Hall–Kier alpha value is -2.69. The molecule has 132 valence electrons. The molecule has 0 aliphatic rings. The van der Waals surface area contributed by atoms with Crippen molar-refractivity contribution in [3.8, 4) is 0 Å². The number of hydrogen-bond donors (Lipinski definition) is 2. The molecular formula is C20H25N3O2. The molecule has 0 aliphatic heterocycles. The second-order valence-electron chi connectivity index (χ2n) is 6.37. The molecule has 2 aromatic rings. The lowest BCUT2D eigenvalue weighted by atomic mass is 9.98. The lowest BCUT2D eigenvalue weighted by Gasteiger charge is -2.16. The first kappa shape index (κ1) is 18.6. The number of amides is 2. The van der Waals surface area contributed by atoms with E-state index in [-0.39, 0.29) is 11.8 Å². The molecule has 0 bridgehead atoms. The zero-order chi connectivity index (χ0) is 18.4. The fourth-order valence-electron chi connectivity index (χ4n) is 2.56. The molecule has 0 spiro atoms. The number of nitrogens with zero attached hydrogens (tertiary/aromatic N) is 1. The van der Waals surface area contributed by atoms with Crippen molar-refractivity contribution in [3.05, 3.63) is 58.9 Å². The summed E-state index contributed by atoms with van der Waals surface area (Å²) in [4.78, 5) is 28.7. The molecule has 2 amide bonds. The number of hydrogen-bond acceptors (Lipinski definition) is 3. The predicted molar refractivity (Wildman–Crippen MR) is 100 cm³/mol. The van der Waals surface area contributed by atoms with Crippen molar-refractivity contribution in [2.45, 2.75) is 40.0 Å². The molecule has 0 unspecified atom stereocenters. The number of carbonyl (C=O) groups excluding carboxylic acids is 2. The molecule has 2 rings (SSSR count). The van der Waals surface area contributed by atoms with E-state index in [2.05, 4.69) is 29.5 Å². The maximum atomic E-state index is 12.6. The van der Waals surface area contributed by atoms with Gasteiger partial charge in [-0.15, -0.1) is 0 Å². The number of carbonyl (C=O) groups is 2. The molecule has 25 heavy (non-hydrogen) atoms. The van der Waals surface area contributed by atoms with Gasteiger partial charge in [-0.3, -0.25) is 14.6 Å². The highest BCUT2D eigenvalue weighted by atomic mass is 16.2. The van der Waals surface area contributed by atoms with Crippen molar-refractivity contribution in [3.63, 3.8) is 0 Å². The first-order valence-electron chi connectivity index (χ1n) is 8.58. The average Bonchev–Trinajstić information content (AvgIpc) is 2.61. The van der Waals surface area contributed by atoms with Gasteiger partial charge in [0.15, 0.2) is 0 Å². The molecule has 0 radical (unpaired) electrons. The van der Waals surface area contributed by atoms with Crippen molar-refractivity contribution >= 4 is 17.5 Å². The normalized spacial score (nSPS) is 10.6. The van der Waals surface area contributed by atoms with Crippen LogP contribution in [0.3, 0.4) is 0 Å². The number of aryl methyl sites for hydroxylation is 1. The molecule has 5 nitrogen and oxygen atoms in total. The summed E-state index contributed by atoms with van der Waals surface area (Å²) in [7, 11) is 0. The van der Waals surface area contributed by atoms with Crippen LogP contribution in [0.4, 0.5) is 5.69 Å². The smallest absolute Gasteiger partial charge is 0.257 e. The topological polar surface area (TPSA) is 71.1 Å². The van der Waals surface area contributed by atoms with Crippen molar-refractivity contribution < 1.29 is 9.59 Å². The molecule has 0 saturated carbocycles. The van der Waals surface area contributed by atoms with Gasteiger partial charge in [-0.05, 0) is 36.5 Å². The van der Waals surface area contributed by atoms with Gasteiger partial charge in [0.25, 0.3) is 11.8 Å². The van der Waals surface area contributed by atoms with Gasteiger partial charge in [-0.25, -0.2) is 0 Å². The van der Waals surface area contributed by atoms with Gasteiger partial charge >= 0.3 is 0 Å². The van der Waals surface area contributed by atoms with Crippen LogP contribution in [0.1, 0.15) is 65.0 Å². The van der Waals surface area contributed by atoms with E-state index in [0.717, 1.165) is 23.2 Å². The highest BCUT2D eigenvalue weighted by Gasteiger charge is 2.15. The van der Waals surface area contributed by atoms with Gasteiger partial charge in [0.1, 0.15) is 0 Å². The van der Waals surface area contributed by atoms with E-state index in [9.17, 15) is 9.59 Å². The number of anilines is 1. The highest BCUT2D eigenvalue weighted by Crippen LogP contribution is 2.27. The van der Waals surface area contributed by atoms with Crippen LogP contribution in [0.25, 0.3) is 0 Å². The lowest BCUT2D eigenvalue weighted by Crippen LogP contribution is -2.24. The zero-order valence-corrected chi connectivity index (χ0v) is 15.2. The van der Waals surface area contributed by atoms with Gasteiger partial charge in [-0.1, -0.05) is 39.0 Å². The summed E-state index contributed by atoms with van der Waals surface area (Å²) >= 11 is 0. The van der Waals surface area contributed by atoms with Gasteiger partial charge in [0.2, 0.25) is 0 Å². The second-order valence-corrected chi connectivity index (χ2v) is 6.37. The molecule has 0 aliphatic carbocycles. The predicted octanol–water partition coefficient (Wildman–Crippen LogP) is 3.91. The van der Waals surface area contributed by atoms with Crippen LogP contribution in [0.2, 0.25) is 0 Å². The van der Waals surface area contributed by atoms with E-state index in [1.165, 1.54) is 12.4 Å². The van der Waals surface area contributed by atoms with E-state index in [0.29, 0.717) is 23.6 Å². The Labute approximate surface area is 148 Å². The van der Waals surface area contributed by atoms with Gasteiger partial charge in [0, 0.05) is 24.6 Å². The molecule has 0 saturated heterocycles. The third-order valence-corrected chi connectivity index (χ3v) is 3.96. The molecule has 1 heterocycles. The van der Waals surface area contributed by atoms with Crippen LogP contribution in [0.15, 0.2) is 36.7 Å². The van der Waals surface area contributed by atoms with Crippen molar-refractivity contribution in [1.82, 2.24) is 10.3 Å². The summed E-state index contributed by atoms with van der Waals surface area (Å²) in [5, 5.41) is 5.76. The number of para-hydroxylation sites is 1. The zero-order valence-electron chi connectivity index (χ0n) is 15.2. The first-order valence-corrected chi connectivity index (χ1v) is 8.58. The van der Waals surface area contributed by atoms with E-state index in [1.807, 2.05) is 32.0 Å². The third kappa shape index (κ3) is 4.66. The summed E-state index contributed by atoms with van der Waals surface area (Å²) in [6, 6.07) is 7.54. The van der Waals surface area contributed by atoms with Crippen LogP contribution in [-0.2, 0) is 0 Å². The summed E-state index contributed by atoms with van der Waals surface area (Å²) in [5.74, 6) is -0.198. The lowest BCUT2D eigenvalue weighted by molar-refractivity contribution is 0.0953.